The number of para-hydroxylation sites is 2. The zero-order chi connectivity index (χ0) is 16.1. The topological polar surface area (TPSA) is 87.5 Å². The van der Waals surface area contributed by atoms with Crippen molar-refractivity contribution in [3.05, 3.63) is 34.4 Å². The van der Waals surface area contributed by atoms with Crippen LogP contribution in [0.5, 0.6) is 0 Å². The Kier molecular flexibility index (Phi) is 5.32. The van der Waals surface area contributed by atoms with Crippen LogP contribution in [0.2, 0.25) is 0 Å². The molecule has 0 aromatic heterocycles. The molecule has 0 spiro atoms. The highest BCUT2D eigenvalue weighted by Gasteiger charge is 2.24. The van der Waals surface area contributed by atoms with Crippen molar-refractivity contribution in [2.24, 2.45) is 5.92 Å². The lowest BCUT2D eigenvalue weighted by Gasteiger charge is -2.31. The van der Waals surface area contributed by atoms with Gasteiger partial charge in [0.2, 0.25) is 5.91 Å². The summed E-state index contributed by atoms with van der Waals surface area (Å²) in [5.41, 5.74) is 0.447. The maximum atomic E-state index is 12.2. The number of rotatable bonds is 5. The van der Waals surface area contributed by atoms with Crippen molar-refractivity contribution < 1.29 is 9.72 Å². The fraction of sp³-hybridized carbons (Fsp3) is 0.533. The standard InChI is InChI=1S/C15H22N4O3/c1-11-7-8-16-9-12(11)17-15(20)10-18(2)13-5-3-4-6-14(13)19(21)22/h3-6,11-12,16H,7-10H2,1-2H3,(H,17,20). The van der Waals surface area contributed by atoms with Gasteiger partial charge in [-0.25, -0.2) is 0 Å². The molecule has 1 fully saturated rings. The molecule has 22 heavy (non-hydrogen) atoms. The van der Waals surface area contributed by atoms with Crippen LogP contribution >= 0.6 is 0 Å². The molecule has 0 aliphatic carbocycles. The Hall–Kier alpha value is -2.15. The summed E-state index contributed by atoms with van der Waals surface area (Å²) in [7, 11) is 1.68. The highest BCUT2D eigenvalue weighted by Crippen LogP contribution is 2.26. The molecule has 1 aliphatic heterocycles. The molecular weight excluding hydrogens is 284 g/mol. The van der Waals surface area contributed by atoms with Crippen molar-refractivity contribution in [2.75, 3.05) is 31.6 Å². The van der Waals surface area contributed by atoms with E-state index in [1.165, 1.54) is 6.07 Å². The molecule has 2 atom stereocenters. The summed E-state index contributed by atoms with van der Waals surface area (Å²) in [6.45, 7) is 3.96. The summed E-state index contributed by atoms with van der Waals surface area (Å²) in [5, 5.41) is 17.3. The largest absolute Gasteiger partial charge is 0.360 e. The van der Waals surface area contributed by atoms with Crippen LogP contribution < -0.4 is 15.5 Å². The van der Waals surface area contributed by atoms with E-state index < -0.39 is 4.92 Å². The monoisotopic (exact) mass is 306 g/mol. The van der Waals surface area contributed by atoms with Crippen molar-refractivity contribution in [3.8, 4) is 0 Å². The van der Waals surface area contributed by atoms with Crippen LogP contribution in [0.25, 0.3) is 0 Å². The summed E-state index contributed by atoms with van der Waals surface area (Å²) in [6, 6.07) is 6.54. The highest BCUT2D eigenvalue weighted by atomic mass is 16.6. The van der Waals surface area contributed by atoms with E-state index in [0.717, 1.165) is 19.5 Å². The molecular formula is C15H22N4O3. The second-order valence-electron chi connectivity index (χ2n) is 5.75. The van der Waals surface area contributed by atoms with E-state index in [-0.39, 0.29) is 24.2 Å². The summed E-state index contributed by atoms with van der Waals surface area (Å²) >= 11 is 0. The Morgan fingerprint density at radius 2 is 2.23 bits per heavy atom. The predicted octanol–water partition coefficient (Wildman–Crippen LogP) is 1.15. The SMILES string of the molecule is CC1CCNCC1NC(=O)CN(C)c1ccccc1[N+](=O)[O-]. The van der Waals surface area contributed by atoms with Gasteiger partial charge in [0.25, 0.3) is 5.69 Å². The third-order valence-corrected chi connectivity index (χ3v) is 4.04. The van der Waals surface area contributed by atoms with E-state index in [0.29, 0.717) is 11.6 Å². The molecule has 1 amide bonds. The third kappa shape index (κ3) is 3.94. The molecule has 1 aromatic rings. The molecule has 2 rings (SSSR count). The fourth-order valence-electron chi connectivity index (χ4n) is 2.68. The minimum atomic E-state index is -0.434. The van der Waals surface area contributed by atoms with Crippen LogP contribution in [0, 0.1) is 16.0 Å². The van der Waals surface area contributed by atoms with Gasteiger partial charge in [0.05, 0.1) is 11.5 Å². The van der Waals surface area contributed by atoms with Gasteiger partial charge in [-0.1, -0.05) is 19.1 Å². The highest BCUT2D eigenvalue weighted by molar-refractivity contribution is 5.82. The number of carbonyl (C=O) groups excluding carboxylic acids is 1. The Bertz CT molecular complexity index is 549. The molecule has 7 nitrogen and oxygen atoms in total. The van der Waals surface area contributed by atoms with E-state index in [9.17, 15) is 14.9 Å². The molecule has 0 saturated carbocycles. The van der Waals surface area contributed by atoms with Gasteiger partial charge in [0, 0.05) is 25.7 Å². The van der Waals surface area contributed by atoms with Gasteiger partial charge < -0.3 is 15.5 Å². The van der Waals surface area contributed by atoms with E-state index in [4.69, 9.17) is 0 Å². The van der Waals surface area contributed by atoms with Crippen LogP contribution in [-0.2, 0) is 4.79 Å². The first-order chi connectivity index (χ1) is 10.5. The third-order valence-electron chi connectivity index (χ3n) is 4.04. The van der Waals surface area contributed by atoms with Gasteiger partial charge in [-0.15, -0.1) is 0 Å². The van der Waals surface area contributed by atoms with Crippen molar-refractivity contribution in [1.29, 1.82) is 0 Å². The molecule has 7 heteroatoms. The van der Waals surface area contributed by atoms with Crippen molar-refractivity contribution in [1.82, 2.24) is 10.6 Å². The average Bonchev–Trinajstić information content (AvgIpc) is 2.49. The number of likely N-dealkylation sites (N-methyl/N-ethyl adjacent to an activating group) is 1. The molecule has 0 bridgehead atoms. The molecule has 0 radical (unpaired) electrons. The van der Waals surface area contributed by atoms with E-state index in [1.807, 2.05) is 0 Å². The quantitative estimate of drug-likeness (QED) is 0.629. The molecule has 1 saturated heterocycles. The van der Waals surface area contributed by atoms with Gasteiger partial charge >= 0.3 is 0 Å². The normalized spacial score (nSPS) is 21.2. The number of amides is 1. The van der Waals surface area contributed by atoms with E-state index >= 15 is 0 Å². The lowest BCUT2D eigenvalue weighted by atomic mass is 9.95. The molecule has 2 unspecified atom stereocenters. The van der Waals surface area contributed by atoms with E-state index in [2.05, 4.69) is 17.6 Å². The molecule has 2 N–H and O–H groups in total. The van der Waals surface area contributed by atoms with Gasteiger partial charge in [-0.2, -0.15) is 0 Å². The van der Waals surface area contributed by atoms with Crippen molar-refractivity contribution in [3.63, 3.8) is 0 Å². The van der Waals surface area contributed by atoms with Crippen LogP contribution in [-0.4, -0.2) is 43.6 Å². The average molecular weight is 306 g/mol. The second kappa shape index (κ2) is 7.22. The van der Waals surface area contributed by atoms with Crippen LogP contribution in [0.1, 0.15) is 13.3 Å². The van der Waals surface area contributed by atoms with Crippen LogP contribution in [0.4, 0.5) is 11.4 Å². The number of benzene rings is 1. The zero-order valence-electron chi connectivity index (χ0n) is 12.9. The minimum Gasteiger partial charge on any atom is -0.360 e. The van der Waals surface area contributed by atoms with Gasteiger partial charge in [-0.05, 0) is 24.9 Å². The number of nitrogens with one attached hydrogen (secondary N) is 2. The van der Waals surface area contributed by atoms with Gasteiger partial charge in [-0.3, -0.25) is 14.9 Å². The second-order valence-corrected chi connectivity index (χ2v) is 5.75. The predicted molar refractivity (Wildman–Crippen MR) is 84.9 cm³/mol. The summed E-state index contributed by atoms with van der Waals surface area (Å²) < 4.78 is 0. The summed E-state index contributed by atoms with van der Waals surface area (Å²) in [4.78, 5) is 24.4. The minimum absolute atomic E-state index is 0.00509. The first-order valence-corrected chi connectivity index (χ1v) is 7.43. The first kappa shape index (κ1) is 16.2. The molecule has 120 valence electrons. The van der Waals surface area contributed by atoms with Crippen molar-refractivity contribution >= 4 is 17.3 Å². The number of carbonyl (C=O) groups is 1. The number of nitrogens with zero attached hydrogens (tertiary/aromatic N) is 2. The smallest absolute Gasteiger partial charge is 0.292 e. The van der Waals surface area contributed by atoms with Crippen LogP contribution in [0.3, 0.4) is 0 Å². The molecule has 1 aliphatic rings. The first-order valence-electron chi connectivity index (χ1n) is 7.43. The Balaban J connectivity index is 1.98. The number of nitro benzene ring substituents is 1. The number of nitro groups is 1. The number of piperidine rings is 1. The molecule has 1 heterocycles. The van der Waals surface area contributed by atoms with Gasteiger partial charge in [0.15, 0.2) is 0 Å². The summed E-state index contributed by atoms with van der Waals surface area (Å²) in [5.74, 6) is 0.308. The lowest BCUT2D eigenvalue weighted by Crippen LogP contribution is -2.52. The number of hydrogen-bond acceptors (Lipinski definition) is 5. The Morgan fingerprint density at radius 1 is 1.50 bits per heavy atom. The Labute approximate surface area is 129 Å². The molecule has 1 aromatic carbocycles. The zero-order valence-corrected chi connectivity index (χ0v) is 12.9. The number of hydrogen-bond donors (Lipinski definition) is 2. The van der Waals surface area contributed by atoms with E-state index in [1.54, 1.807) is 30.1 Å². The number of anilines is 1. The maximum Gasteiger partial charge on any atom is 0.292 e. The van der Waals surface area contributed by atoms with Gasteiger partial charge in [0.1, 0.15) is 5.69 Å². The van der Waals surface area contributed by atoms with Crippen molar-refractivity contribution in [2.45, 2.75) is 19.4 Å². The fourth-order valence-corrected chi connectivity index (χ4v) is 2.68. The maximum absolute atomic E-state index is 12.2. The Morgan fingerprint density at radius 3 is 2.91 bits per heavy atom. The summed E-state index contributed by atoms with van der Waals surface area (Å²) in [6.07, 6.45) is 1.03. The van der Waals surface area contributed by atoms with Crippen LogP contribution in [0.15, 0.2) is 24.3 Å². The lowest BCUT2D eigenvalue weighted by molar-refractivity contribution is -0.384.